The molecule has 8 rings (SSSR count). The topological polar surface area (TPSA) is 140 Å². The fraction of sp³-hybridized carbons (Fsp3) is 0.417. The van der Waals surface area contributed by atoms with Gasteiger partial charge in [0.2, 0.25) is 11.8 Å². The Balaban J connectivity index is 1.20. The number of aryl methyl sites for hydroxylation is 2. The van der Waals surface area contributed by atoms with E-state index in [1.165, 1.54) is 18.6 Å². The summed E-state index contributed by atoms with van der Waals surface area (Å²) in [5, 5.41) is 0. The lowest BCUT2D eigenvalue weighted by atomic mass is 9.80. The molecule has 4 bridgehead atoms. The number of benzene rings is 2. The van der Waals surface area contributed by atoms with Gasteiger partial charge in [-0.15, -0.1) is 0 Å². The van der Waals surface area contributed by atoms with E-state index >= 15 is 0 Å². The highest BCUT2D eigenvalue weighted by Gasteiger charge is 2.41. The number of rotatable bonds is 7. The van der Waals surface area contributed by atoms with Crippen molar-refractivity contribution in [2.75, 3.05) is 29.4 Å². The van der Waals surface area contributed by atoms with Gasteiger partial charge in [-0.2, -0.15) is 4.98 Å². The van der Waals surface area contributed by atoms with Crippen LogP contribution >= 0.6 is 0 Å². The van der Waals surface area contributed by atoms with Crippen molar-refractivity contribution in [3.8, 4) is 17.1 Å². The number of hydrogen-bond donors (Lipinski definition) is 1. The summed E-state index contributed by atoms with van der Waals surface area (Å²) in [6, 6.07) is 13.6. The lowest BCUT2D eigenvalue weighted by Gasteiger charge is -2.36. The van der Waals surface area contributed by atoms with E-state index in [1.54, 1.807) is 35.5 Å². The van der Waals surface area contributed by atoms with Crippen molar-refractivity contribution < 1.29 is 22.7 Å². The molecular weight excluding hydrogens is 643 g/mol. The summed E-state index contributed by atoms with van der Waals surface area (Å²) in [7, 11) is -4.18. The Morgan fingerprint density at radius 1 is 0.959 bits per heavy atom. The van der Waals surface area contributed by atoms with Crippen LogP contribution in [0, 0.1) is 19.8 Å². The maximum atomic E-state index is 14.5. The number of carbonyl (C=O) groups excluding carboxylic acids is 1. The number of nitrogens with zero attached hydrogens (tertiary/aromatic N) is 6. The number of amides is 1. The van der Waals surface area contributed by atoms with Crippen LogP contribution in [-0.4, -0.2) is 77.1 Å². The number of hydrogen-bond acceptors (Lipinski definition) is 10. The largest absolute Gasteiger partial charge is 0.475 e. The third-order valence-electron chi connectivity index (χ3n) is 10.0. The van der Waals surface area contributed by atoms with E-state index in [4.69, 9.17) is 14.5 Å². The number of ether oxygens (including phenoxy) is 2. The average molecular weight is 682 g/mol. The molecular formula is C36H39N7O5S. The van der Waals surface area contributed by atoms with Crippen molar-refractivity contribution in [1.82, 2.24) is 24.8 Å². The Hall–Kier alpha value is -4.62. The molecule has 1 amide bonds. The first-order chi connectivity index (χ1) is 23.7. The Morgan fingerprint density at radius 3 is 2.53 bits per heavy atom. The SMILES string of the molecule is Cc1cccc(C)c1-c1cc2nc(n1)NS(=O)(=O)c1cccc(c1)C(=O)N(Cc1cncc(N3CCC4CCC43)n1)[C@H](COC1CC1)CO2. The molecule has 0 radical (unpaired) electrons. The van der Waals surface area contributed by atoms with Crippen molar-refractivity contribution in [1.29, 1.82) is 0 Å². The van der Waals surface area contributed by atoms with Gasteiger partial charge in [-0.1, -0.05) is 24.3 Å². The molecule has 13 heteroatoms. The molecule has 4 heterocycles. The molecule has 1 saturated heterocycles. The number of sulfonamides is 1. The molecule has 2 aliphatic carbocycles. The van der Waals surface area contributed by atoms with Crippen molar-refractivity contribution in [3.05, 3.63) is 83.3 Å². The summed E-state index contributed by atoms with van der Waals surface area (Å²) in [6.07, 6.45) is 9.11. The van der Waals surface area contributed by atoms with Crippen molar-refractivity contribution in [2.24, 2.45) is 5.92 Å². The molecule has 2 aliphatic heterocycles. The molecule has 3 fully saturated rings. The third kappa shape index (κ3) is 6.44. The summed E-state index contributed by atoms with van der Waals surface area (Å²) < 4.78 is 42.5. The number of anilines is 2. The van der Waals surface area contributed by atoms with Crippen LogP contribution < -0.4 is 14.4 Å². The van der Waals surface area contributed by atoms with E-state index in [0.717, 1.165) is 54.7 Å². The van der Waals surface area contributed by atoms with Gasteiger partial charge in [0.15, 0.2) is 0 Å². The average Bonchev–Trinajstić information content (AvgIpc) is 3.85. The molecule has 2 unspecified atom stereocenters. The molecule has 3 atom stereocenters. The van der Waals surface area contributed by atoms with Gasteiger partial charge in [-0.3, -0.25) is 9.78 Å². The molecule has 4 aromatic rings. The van der Waals surface area contributed by atoms with Crippen LogP contribution in [0.4, 0.5) is 11.8 Å². The fourth-order valence-corrected chi connectivity index (χ4v) is 8.12. The second-order valence-corrected chi connectivity index (χ2v) is 15.2. The van der Waals surface area contributed by atoms with Crippen LogP contribution in [0.2, 0.25) is 0 Å². The van der Waals surface area contributed by atoms with E-state index in [9.17, 15) is 13.2 Å². The lowest BCUT2D eigenvalue weighted by molar-refractivity contribution is 0.0209. The fourth-order valence-electron chi connectivity index (χ4n) is 7.13. The van der Waals surface area contributed by atoms with Gasteiger partial charge in [0, 0.05) is 29.8 Å². The van der Waals surface area contributed by atoms with Crippen LogP contribution in [0.25, 0.3) is 11.3 Å². The zero-order valence-electron chi connectivity index (χ0n) is 27.6. The third-order valence-corrected chi connectivity index (χ3v) is 11.4. The van der Waals surface area contributed by atoms with E-state index in [0.29, 0.717) is 23.3 Å². The summed E-state index contributed by atoms with van der Waals surface area (Å²) in [6.45, 7) is 5.28. The minimum Gasteiger partial charge on any atom is -0.475 e. The smallest absolute Gasteiger partial charge is 0.264 e. The summed E-state index contributed by atoms with van der Waals surface area (Å²) in [5.74, 6) is 1.20. The number of aromatic nitrogens is 4. The van der Waals surface area contributed by atoms with Crippen LogP contribution in [0.5, 0.6) is 5.88 Å². The van der Waals surface area contributed by atoms with Gasteiger partial charge in [-0.25, -0.2) is 23.1 Å². The van der Waals surface area contributed by atoms with E-state index < -0.39 is 16.1 Å². The Bertz CT molecular complexity index is 2000. The molecule has 2 saturated carbocycles. The zero-order valence-corrected chi connectivity index (χ0v) is 28.4. The predicted molar refractivity (Wildman–Crippen MR) is 183 cm³/mol. The second-order valence-electron chi connectivity index (χ2n) is 13.5. The highest BCUT2D eigenvalue weighted by atomic mass is 32.2. The number of nitrogens with one attached hydrogen (secondary N) is 1. The standard InChI is InChI=1S/C36H39N7O5S/c1-22-5-3-6-23(2)34(22)30-16-33-40-36(39-30)41-49(45,46)29-8-4-7-25(15-29)35(44)43(27(21-48-33)20-47-28-10-11-28)19-26-17-37-18-32(38-26)42-14-13-24-9-12-31(24)42/h3-8,15-18,24,27-28,31H,9-14,19-21H2,1-2H3,(H,39,40,41)/t24?,27-,31?/m1/s1. The van der Waals surface area contributed by atoms with Crippen molar-refractivity contribution in [2.45, 2.75) is 75.6 Å². The molecule has 0 spiro atoms. The molecule has 2 aromatic heterocycles. The number of fused-ring (bicyclic) bond motifs is 5. The van der Waals surface area contributed by atoms with E-state index in [2.05, 4.69) is 24.6 Å². The maximum Gasteiger partial charge on any atom is 0.264 e. The van der Waals surface area contributed by atoms with Gasteiger partial charge < -0.3 is 19.3 Å². The molecule has 49 heavy (non-hydrogen) atoms. The van der Waals surface area contributed by atoms with E-state index in [-0.39, 0.29) is 54.1 Å². The van der Waals surface area contributed by atoms with Gasteiger partial charge in [0.05, 0.1) is 54.0 Å². The normalized spacial score (nSPS) is 22.9. The summed E-state index contributed by atoms with van der Waals surface area (Å²) >= 11 is 0. The highest BCUT2D eigenvalue weighted by Crippen LogP contribution is 2.42. The van der Waals surface area contributed by atoms with Crippen molar-refractivity contribution >= 4 is 27.7 Å². The molecule has 12 nitrogen and oxygen atoms in total. The quantitative estimate of drug-likeness (QED) is 0.286. The second kappa shape index (κ2) is 12.7. The van der Waals surface area contributed by atoms with Crippen molar-refractivity contribution in [3.63, 3.8) is 0 Å². The van der Waals surface area contributed by atoms with Crippen LogP contribution in [0.3, 0.4) is 0 Å². The molecule has 1 N–H and O–H groups in total. The first-order valence-corrected chi connectivity index (χ1v) is 18.4. The molecule has 2 aromatic carbocycles. The Labute approximate surface area is 286 Å². The summed E-state index contributed by atoms with van der Waals surface area (Å²) in [4.78, 5) is 37.0. The van der Waals surface area contributed by atoms with Gasteiger partial charge in [0.1, 0.15) is 12.4 Å². The molecule has 4 aliphatic rings. The lowest BCUT2D eigenvalue weighted by Crippen LogP contribution is -2.46. The Morgan fingerprint density at radius 2 is 1.78 bits per heavy atom. The maximum absolute atomic E-state index is 14.5. The predicted octanol–water partition coefficient (Wildman–Crippen LogP) is 4.92. The van der Waals surface area contributed by atoms with Gasteiger partial charge >= 0.3 is 0 Å². The zero-order chi connectivity index (χ0) is 33.7. The first-order valence-electron chi connectivity index (χ1n) is 16.9. The summed E-state index contributed by atoms with van der Waals surface area (Å²) in [5.41, 5.74) is 4.16. The van der Waals surface area contributed by atoms with Crippen LogP contribution in [0.15, 0.2) is 65.8 Å². The first kappa shape index (κ1) is 31.6. The Kier molecular flexibility index (Phi) is 8.19. The number of carbonyl (C=O) groups is 1. The highest BCUT2D eigenvalue weighted by molar-refractivity contribution is 7.92. The van der Waals surface area contributed by atoms with E-state index in [1.807, 2.05) is 32.0 Å². The van der Waals surface area contributed by atoms with Crippen LogP contribution in [-0.2, 0) is 21.3 Å². The monoisotopic (exact) mass is 681 g/mol. The van der Waals surface area contributed by atoms with Gasteiger partial charge in [0.25, 0.3) is 15.9 Å². The van der Waals surface area contributed by atoms with Crippen LogP contribution in [0.1, 0.15) is 59.3 Å². The molecule has 254 valence electrons. The van der Waals surface area contributed by atoms with Gasteiger partial charge in [-0.05, 0) is 81.2 Å². The minimum atomic E-state index is -4.18. The minimum absolute atomic E-state index is 0.0382.